The van der Waals surface area contributed by atoms with E-state index in [1.807, 2.05) is 4.90 Å². The molecule has 2 aromatic carbocycles. The third-order valence-corrected chi connectivity index (χ3v) is 6.44. The predicted octanol–water partition coefficient (Wildman–Crippen LogP) is 4.87. The van der Waals surface area contributed by atoms with Gasteiger partial charge in [-0.25, -0.2) is 4.79 Å². The molecule has 208 valence electrons. The van der Waals surface area contributed by atoms with Crippen molar-refractivity contribution in [3.05, 3.63) is 63.5 Å². The number of esters is 2. The van der Waals surface area contributed by atoms with Gasteiger partial charge in [-0.2, -0.15) is 13.2 Å². The number of phenols is 1. The van der Waals surface area contributed by atoms with Gasteiger partial charge in [0.15, 0.2) is 0 Å². The fourth-order valence-electron chi connectivity index (χ4n) is 4.42. The Morgan fingerprint density at radius 1 is 1.10 bits per heavy atom. The summed E-state index contributed by atoms with van der Waals surface area (Å²) in [6, 6.07) is 7.37. The minimum Gasteiger partial charge on any atom is -0.507 e. The summed E-state index contributed by atoms with van der Waals surface area (Å²) in [4.78, 5) is 38.7. The second-order valence-corrected chi connectivity index (χ2v) is 8.95. The van der Waals surface area contributed by atoms with E-state index in [2.05, 4.69) is 4.74 Å². The van der Waals surface area contributed by atoms with Gasteiger partial charge in [0.25, 0.3) is 5.76 Å². The molecule has 39 heavy (non-hydrogen) atoms. The first kappa shape index (κ1) is 28.0. The molecule has 0 bridgehead atoms. The van der Waals surface area contributed by atoms with Gasteiger partial charge in [0.2, 0.25) is 11.2 Å². The number of piperidine rings is 1. The average molecular weight is 549 g/mol. The number of alkyl halides is 3. The van der Waals surface area contributed by atoms with Gasteiger partial charge in [-0.3, -0.25) is 14.5 Å². The van der Waals surface area contributed by atoms with Gasteiger partial charge in [0, 0.05) is 6.54 Å². The summed E-state index contributed by atoms with van der Waals surface area (Å²) < 4.78 is 62.4. The van der Waals surface area contributed by atoms with Crippen molar-refractivity contribution in [1.82, 2.24) is 4.90 Å². The van der Waals surface area contributed by atoms with Crippen molar-refractivity contribution in [3.8, 4) is 17.2 Å². The van der Waals surface area contributed by atoms with Crippen LogP contribution in [-0.2, 0) is 27.0 Å². The monoisotopic (exact) mass is 549 g/mol. The highest BCUT2D eigenvalue weighted by atomic mass is 19.4. The number of aromatic hydroxyl groups is 1. The van der Waals surface area contributed by atoms with E-state index in [4.69, 9.17) is 13.9 Å². The molecular formula is C27H26F3NO8. The number of hydrogen-bond donors (Lipinski definition) is 1. The molecule has 9 nitrogen and oxygen atoms in total. The lowest BCUT2D eigenvalue weighted by Gasteiger charge is -2.31. The molecule has 3 aromatic rings. The predicted molar refractivity (Wildman–Crippen MR) is 132 cm³/mol. The molecule has 0 radical (unpaired) electrons. The highest BCUT2D eigenvalue weighted by Crippen LogP contribution is 2.40. The van der Waals surface area contributed by atoms with E-state index in [9.17, 15) is 32.7 Å². The topological polar surface area (TPSA) is 116 Å². The Hall–Kier alpha value is -4.06. The molecule has 2 heterocycles. The van der Waals surface area contributed by atoms with Crippen molar-refractivity contribution < 1.29 is 46.5 Å². The molecular weight excluding hydrogens is 523 g/mol. The lowest BCUT2D eigenvalue weighted by molar-refractivity contribution is -0.154. The van der Waals surface area contributed by atoms with Crippen LogP contribution in [0.2, 0.25) is 0 Å². The first-order valence-corrected chi connectivity index (χ1v) is 12.2. The molecule has 0 atom stereocenters. The third kappa shape index (κ3) is 6.00. The molecule has 0 aliphatic carbocycles. The van der Waals surface area contributed by atoms with Crippen LogP contribution >= 0.6 is 0 Å². The van der Waals surface area contributed by atoms with Crippen molar-refractivity contribution in [2.75, 3.05) is 26.8 Å². The molecule has 12 heteroatoms. The van der Waals surface area contributed by atoms with E-state index in [1.54, 1.807) is 6.92 Å². The molecule has 1 aromatic heterocycles. The maximum Gasteiger partial charge on any atom is 0.453 e. The Morgan fingerprint density at radius 3 is 2.36 bits per heavy atom. The smallest absolute Gasteiger partial charge is 0.453 e. The normalized spacial score (nSPS) is 14.8. The molecule has 0 spiro atoms. The van der Waals surface area contributed by atoms with Crippen LogP contribution in [0.15, 0.2) is 45.6 Å². The van der Waals surface area contributed by atoms with E-state index >= 15 is 0 Å². The molecule has 0 saturated carbocycles. The second kappa shape index (κ2) is 11.4. The Kier molecular flexibility index (Phi) is 8.14. The van der Waals surface area contributed by atoms with Gasteiger partial charge in [0.05, 0.1) is 36.1 Å². The Labute approximate surface area is 220 Å². The largest absolute Gasteiger partial charge is 0.507 e. The van der Waals surface area contributed by atoms with E-state index in [-0.39, 0.29) is 53.1 Å². The maximum atomic E-state index is 14.1. The highest BCUT2D eigenvalue weighted by molar-refractivity contribution is 5.89. The number of phenolic OH excluding ortho intramolecular Hbond substituents is 1. The summed E-state index contributed by atoms with van der Waals surface area (Å²) >= 11 is 0. The third-order valence-electron chi connectivity index (χ3n) is 6.44. The van der Waals surface area contributed by atoms with Gasteiger partial charge in [-0.15, -0.1) is 0 Å². The minimum absolute atomic E-state index is 0.00580. The van der Waals surface area contributed by atoms with E-state index in [0.29, 0.717) is 25.9 Å². The molecule has 4 rings (SSSR count). The molecule has 1 fully saturated rings. The number of halogens is 3. The van der Waals surface area contributed by atoms with E-state index < -0.39 is 34.7 Å². The average Bonchev–Trinajstić information content (AvgIpc) is 2.91. The number of ether oxygens (including phenoxy) is 3. The Balaban J connectivity index is 1.69. The number of carbonyl (C=O) groups excluding carboxylic acids is 2. The summed E-state index contributed by atoms with van der Waals surface area (Å²) in [5, 5.41) is 10.3. The van der Waals surface area contributed by atoms with Crippen LogP contribution in [0.25, 0.3) is 11.0 Å². The standard InChI is InChI=1S/C27H26F3NO8/c1-3-37-26(35)16-10-12-31(13-11-16)14-19-20(32)9-8-18-21(33)23(24(27(28,29)30)39-22(18)19)38-17-6-4-15(5-7-17)25(34)36-2/h4-9,16,32H,3,10-14H2,1-2H3. The fraction of sp³-hybridized carbons (Fsp3) is 0.370. The first-order valence-electron chi connectivity index (χ1n) is 12.2. The zero-order valence-electron chi connectivity index (χ0n) is 21.2. The van der Waals surface area contributed by atoms with Crippen LogP contribution in [-0.4, -0.2) is 48.8 Å². The van der Waals surface area contributed by atoms with Crippen molar-refractivity contribution >= 4 is 22.9 Å². The summed E-state index contributed by atoms with van der Waals surface area (Å²) in [6.45, 7) is 2.84. The second-order valence-electron chi connectivity index (χ2n) is 8.95. The first-order chi connectivity index (χ1) is 18.5. The van der Waals surface area contributed by atoms with Gasteiger partial charge in [-0.05, 0) is 69.3 Å². The number of nitrogens with zero attached hydrogens (tertiary/aromatic N) is 1. The van der Waals surface area contributed by atoms with Crippen molar-refractivity contribution in [3.63, 3.8) is 0 Å². The van der Waals surface area contributed by atoms with Crippen LogP contribution in [0.5, 0.6) is 17.2 Å². The Morgan fingerprint density at radius 2 is 1.77 bits per heavy atom. The lowest BCUT2D eigenvalue weighted by atomic mass is 9.96. The SMILES string of the molecule is CCOC(=O)C1CCN(Cc2c(O)ccc3c(=O)c(Oc4ccc(C(=O)OC)cc4)c(C(F)(F)F)oc23)CC1. The molecule has 1 N–H and O–H groups in total. The number of methoxy groups -OCH3 is 1. The lowest BCUT2D eigenvalue weighted by Crippen LogP contribution is -2.36. The molecule has 1 saturated heterocycles. The van der Waals surface area contributed by atoms with Crippen molar-refractivity contribution in [2.45, 2.75) is 32.5 Å². The van der Waals surface area contributed by atoms with Crippen LogP contribution < -0.4 is 10.2 Å². The zero-order chi connectivity index (χ0) is 28.3. The summed E-state index contributed by atoms with van der Waals surface area (Å²) in [5.74, 6) is -4.43. The number of rotatable bonds is 7. The molecule has 1 aliphatic rings. The number of hydrogen-bond acceptors (Lipinski definition) is 9. The van der Waals surface area contributed by atoms with Crippen LogP contribution in [0.1, 0.15) is 41.4 Å². The van der Waals surface area contributed by atoms with Crippen LogP contribution in [0.4, 0.5) is 13.2 Å². The van der Waals surface area contributed by atoms with Crippen molar-refractivity contribution in [2.24, 2.45) is 5.92 Å². The Bertz CT molecular complexity index is 1420. The fourth-order valence-corrected chi connectivity index (χ4v) is 4.42. The molecule has 0 unspecified atom stereocenters. The summed E-state index contributed by atoms with van der Waals surface area (Å²) in [7, 11) is 1.18. The van der Waals surface area contributed by atoms with Crippen LogP contribution in [0, 0.1) is 5.92 Å². The number of carbonyl (C=O) groups is 2. The van der Waals surface area contributed by atoms with Gasteiger partial charge < -0.3 is 23.7 Å². The minimum atomic E-state index is -5.10. The van der Waals surface area contributed by atoms with Crippen molar-refractivity contribution in [1.29, 1.82) is 0 Å². The number of benzene rings is 2. The quantitative estimate of drug-likeness (QED) is 0.412. The van der Waals surface area contributed by atoms with Gasteiger partial charge in [-0.1, -0.05) is 0 Å². The highest BCUT2D eigenvalue weighted by Gasteiger charge is 2.41. The summed E-state index contributed by atoms with van der Waals surface area (Å²) in [5.41, 5.74) is -1.34. The molecule has 0 amide bonds. The maximum absolute atomic E-state index is 14.1. The summed E-state index contributed by atoms with van der Waals surface area (Å²) in [6.07, 6.45) is -4.14. The number of likely N-dealkylation sites (tertiary alicyclic amines) is 1. The number of fused-ring (bicyclic) bond motifs is 1. The van der Waals surface area contributed by atoms with E-state index in [0.717, 1.165) is 0 Å². The molecule has 1 aliphatic heterocycles. The van der Waals surface area contributed by atoms with Gasteiger partial charge >= 0.3 is 18.1 Å². The van der Waals surface area contributed by atoms with Crippen LogP contribution in [0.3, 0.4) is 0 Å². The van der Waals surface area contributed by atoms with E-state index in [1.165, 1.54) is 43.5 Å². The zero-order valence-corrected chi connectivity index (χ0v) is 21.2. The van der Waals surface area contributed by atoms with Gasteiger partial charge in [0.1, 0.15) is 17.1 Å².